The molecular weight excluding hydrogens is 220 g/mol. The maximum absolute atomic E-state index is 11.1. The Morgan fingerprint density at radius 2 is 2.35 bits per heavy atom. The summed E-state index contributed by atoms with van der Waals surface area (Å²) in [7, 11) is 3.17. The summed E-state index contributed by atoms with van der Waals surface area (Å²) in [5.74, 6) is -0.619. The van der Waals surface area contributed by atoms with E-state index in [1.807, 2.05) is 29.8 Å². The van der Waals surface area contributed by atoms with Crippen LogP contribution in [0.5, 0.6) is 0 Å². The van der Waals surface area contributed by atoms with Crippen LogP contribution in [0, 0.1) is 0 Å². The number of nitrogens with zero attached hydrogens (tertiary/aromatic N) is 2. The number of aryl methyl sites for hydroxylation is 1. The number of aliphatic hydroxyl groups excluding tert-OH is 1. The van der Waals surface area contributed by atoms with Crippen molar-refractivity contribution in [3.63, 3.8) is 0 Å². The third kappa shape index (κ3) is 2.29. The third-order valence-corrected chi connectivity index (χ3v) is 2.69. The van der Waals surface area contributed by atoms with Gasteiger partial charge in [-0.3, -0.25) is 0 Å². The lowest BCUT2D eigenvalue weighted by atomic mass is 10.1. The molecule has 2 aromatic rings. The van der Waals surface area contributed by atoms with E-state index in [4.69, 9.17) is 0 Å². The van der Waals surface area contributed by atoms with Crippen molar-refractivity contribution in [3.05, 3.63) is 30.1 Å². The van der Waals surface area contributed by atoms with Gasteiger partial charge in [0.1, 0.15) is 0 Å². The summed E-state index contributed by atoms with van der Waals surface area (Å²) in [5.41, 5.74) is 2.72. The van der Waals surface area contributed by atoms with Crippen LogP contribution in [-0.4, -0.2) is 33.8 Å². The molecule has 5 nitrogen and oxygen atoms in total. The van der Waals surface area contributed by atoms with Crippen molar-refractivity contribution >= 4 is 17.0 Å². The molecule has 0 spiro atoms. The minimum absolute atomic E-state index is 0.235. The molecule has 1 aromatic carbocycles. The SMILES string of the molecule is COC(=O)C(O)Cc1ccc2c(c1)ncn2C. The van der Waals surface area contributed by atoms with Crippen LogP contribution in [0.25, 0.3) is 11.0 Å². The predicted octanol–water partition coefficient (Wildman–Crippen LogP) is 0.650. The molecule has 0 amide bonds. The van der Waals surface area contributed by atoms with E-state index in [9.17, 15) is 9.90 Å². The normalized spacial score (nSPS) is 12.6. The molecule has 0 radical (unpaired) electrons. The Morgan fingerprint density at radius 1 is 1.59 bits per heavy atom. The molecule has 2 rings (SSSR count). The number of carbonyl (C=O) groups excluding carboxylic acids is 1. The minimum Gasteiger partial charge on any atom is -0.467 e. The second kappa shape index (κ2) is 4.55. The molecule has 0 bridgehead atoms. The van der Waals surface area contributed by atoms with Gasteiger partial charge in [-0.1, -0.05) is 6.07 Å². The summed E-state index contributed by atoms with van der Waals surface area (Å²) in [5, 5.41) is 9.55. The highest BCUT2D eigenvalue weighted by molar-refractivity contribution is 5.77. The zero-order chi connectivity index (χ0) is 12.4. The first kappa shape index (κ1) is 11.6. The molecule has 0 aliphatic heterocycles. The van der Waals surface area contributed by atoms with Crippen molar-refractivity contribution < 1.29 is 14.6 Å². The third-order valence-electron chi connectivity index (χ3n) is 2.69. The quantitative estimate of drug-likeness (QED) is 0.792. The van der Waals surface area contributed by atoms with Gasteiger partial charge in [-0.2, -0.15) is 0 Å². The van der Waals surface area contributed by atoms with Gasteiger partial charge in [0.25, 0.3) is 0 Å². The first-order valence-corrected chi connectivity index (χ1v) is 5.27. The predicted molar refractivity (Wildman–Crippen MR) is 62.4 cm³/mol. The fraction of sp³-hybridized carbons (Fsp3) is 0.333. The number of aromatic nitrogens is 2. The van der Waals surface area contributed by atoms with Gasteiger partial charge < -0.3 is 14.4 Å². The van der Waals surface area contributed by atoms with E-state index in [1.165, 1.54) is 7.11 Å². The van der Waals surface area contributed by atoms with Crippen LogP contribution < -0.4 is 0 Å². The molecule has 1 unspecified atom stereocenters. The van der Waals surface area contributed by atoms with Crippen LogP contribution in [0.4, 0.5) is 0 Å². The molecule has 90 valence electrons. The zero-order valence-electron chi connectivity index (χ0n) is 9.75. The average Bonchev–Trinajstić information content (AvgIpc) is 2.69. The number of carbonyl (C=O) groups is 1. The molecule has 17 heavy (non-hydrogen) atoms. The van der Waals surface area contributed by atoms with E-state index < -0.39 is 12.1 Å². The largest absolute Gasteiger partial charge is 0.467 e. The Kier molecular flexibility index (Phi) is 3.10. The molecule has 1 N–H and O–H groups in total. The number of hydrogen-bond acceptors (Lipinski definition) is 4. The summed E-state index contributed by atoms with van der Waals surface area (Å²) < 4.78 is 6.38. The van der Waals surface area contributed by atoms with Gasteiger partial charge in [-0.25, -0.2) is 9.78 Å². The van der Waals surface area contributed by atoms with Gasteiger partial charge in [0.15, 0.2) is 6.10 Å². The van der Waals surface area contributed by atoms with E-state index in [0.29, 0.717) is 0 Å². The van der Waals surface area contributed by atoms with Crippen molar-refractivity contribution in [1.82, 2.24) is 9.55 Å². The minimum atomic E-state index is -1.12. The van der Waals surface area contributed by atoms with Crippen LogP contribution in [0.3, 0.4) is 0 Å². The highest BCUT2D eigenvalue weighted by atomic mass is 16.5. The Morgan fingerprint density at radius 3 is 3.06 bits per heavy atom. The Balaban J connectivity index is 2.22. The number of aliphatic hydroxyl groups is 1. The molecular formula is C12H14N2O3. The zero-order valence-corrected chi connectivity index (χ0v) is 9.75. The monoisotopic (exact) mass is 234 g/mol. The lowest BCUT2D eigenvalue weighted by Crippen LogP contribution is -2.24. The Labute approximate surface area is 98.6 Å². The molecule has 0 aliphatic rings. The fourth-order valence-corrected chi connectivity index (χ4v) is 1.75. The molecule has 1 heterocycles. The summed E-state index contributed by atoms with van der Waals surface area (Å²) in [4.78, 5) is 15.3. The summed E-state index contributed by atoms with van der Waals surface area (Å²) in [6.07, 6.45) is 0.839. The maximum atomic E-state index is 11.1. The molecule has 0 saturated carbocycles. The van der Waals surface area contributed by atoms with Gasteiger partial charge >= 0.3 is 5.97 Å². The van der Waals surface area contributed by atoms with Crippen LogP contribution >= 0.6 is 0 Å². The molecule has 0 fully saturated rings. The summed E-state index contributed by atoms with van der Waals surface area (Å²) >= 11 is 0. The Hall–Kier alpha value is -1.88. The molecule has 0 aliphatic carbocycles. The van der Waals surface area contributed by atoms with Gasteiger partial charge in [0.05, 0.1) is 24.5 Å². The summed E-state index contributed by atoms with van der Waals surface area (Å²) in [6, 6.07) is 5.65. The van der Waals surface area contributed by atoms with Crippen molar-refractivity contribution in [1.29, 1.82) is 0 Å². The number of fused-ring (bicyclic) bond motifs is 1. The number of rotatable bonds is 3. The van der Waals surface area contributed by atoms with Crippen LogP contribution in [0.15, 0.2) is 24.5 Å². The van der Waals surface area contributed by atoms with Gasteiger partial charge in [-0.15, -0.1) is 0 Å². The topological polar surface area (TPSA) is 64.3 Å². The van der Waals surface area contributed by atoms with Gasteiger partial charge in [-0.05, 0) is 17.7 Å². The van der Waals surface area contributed by atoms with E-state index in [-0.39, 0.29) is 6.42 Å². The number of methoxy groups -OCH3 is 1. The number of imidazole rings is 1. The van der Waals surface area contributed by atoms with Crippen LogP contribution in [-0.2, 0) is 23.0 Å². The van der Waals surface area contributed by atoms with E-state index >= 15 is 0 Å². The molecule has 5 heteroatoms. The second-order valence-corrected chi connectivity index (χ2v) is 3.92. The lowest BCUT2D eigenvalue weighted by Gasteiger charge is -2.08. The number of ether oxygens (including phenoxy) is 1. The van der Waals surface area contributed by atoms with Crippen molar-refractivity contribution in [2.75, 3.05) is 7.11 Å². The van der Waals surface area contributed by atoms with Crippen molar-refractivity contribution in [3.8, 4) is 0 Å². The standard InChI is InChI=1S/C12H14N2O3/c1-14-7-13-9-5-8(3-4-10(9)14)6-11(15)12(16)17-2/h3-5,7,11,15H,6H2,1-2H3. The fourth-order valence-electron chi connectivity index (χ4n) is 1.75. The first-order valence-electron chi connectivity index (χ1n) is 5.27. The highest BCUT2D eigenvalue weighted by Gasteiger charge is 2.16. The number of esters is 1. The molecule has 1 atom stereocenters. The number of benzene rings is 1. The molecule has 0 saturated heterocycles. The van der Waals surface area contributed by atoms with Gasteiger partial charge in [0, 0.05) is 13.5 Å². The van der Waals surface area contributed by atoms with Gasteiger partial charge in [0.2, 0.25) is 0 Å². The Bertz CT molecular complexity index is 548. The smallest absolute Gasteiger partial charge is 0.335 e. The van der Waals surface area contributed by atoms with E-state index in [0.717, 1.165) is 16.6 Å². The average molecular weight is 234 g/mol. The molecule has 1 aromatic heterocycles. The van der Waals surface area contributed by atoms with Crippen molar-refractivity contribution in [2.24, 2.45) is 7.05 Å². The van der Waals surface area contributed by atoms with Crippen molar-refractivity contribution in [2.45, 2.75) is 12.5 Å². The van der Waals surface area contributed by atoms with E-state index in [1.54, 1.807) is 6.33 Å². The van der Waals surface area contributed by atoms with Crippen LogP contribution in [0.1, 0.15) is 5.56 Å². The van der Waals surface area contributed by atoms with Crippen LogP contribution in [0.2, 0.25) is 0 Å². The first-order chi connectivity index (χ1) is 8.11. The second-order valence-electron chi connectivity index (χ2n) is 3.92. The maximum Gasteiger partial charge on any atom is 0.335 e. The highest BCUT2D eigenvalue weighted by Crippen LogP contribution is 2.15. The van der Waals surface area contributed by atoms with E-state index in [2.05, 4.69) is 9.72 Å². The number of hydrogen-bond donors (Lipinski definition) is 1. The lowest BCUT2D eigenvalue weighted by molar-refractivity contribution is -0.150. The summed E-state index contributed by atoms with van der Waals surface area (Å²) in [6.45, 7) is 0.